The van der Waals surface area contributed by atoms with E-state index < -0.39 is 24.0 Å². The van der Waals surface area contributed by atoms with Gasteiger partial charge in [-0.2, -0.15) is 15.0 Å². The number of amides is 1. The summed E-state index contributed by atoms with van der Waals surface area (Å²) in [5.74, 6) is -0.855. The lowest BCUT2D eigenvalue weighted by molar-refractivity contribution is 0.0283. The highest BCUT2D eigenvalue weighted by molar-refractivity contribution is 6.29. The van der Waals surface area contributed by atoms with E-state index in [-0.39, 0.29) is 22.1 Å². The fourth-order valence-corrected chi connectivity index (χ4v) is 1.96. The second kappa shape index (κ2) is 6.72. The van der Waals surface area contributed by atoms with Gasteiger partial charge >= 0.3 is 6.09 Å². The first-order valence-electron chi connectivity index (χ1n) is 8.03. The fraction of sp³-hybridized carbons (Fsp3) is 0.467. The van der Waals surface area contributed by atoms with Gasteiger partial charge in [-0.1, -0.05) is 11.6 Å². The average molecular weight is 358 g/mol. The van der Waals surface area contributed by atoms with Crippen LogP contribution in [0.5, 0.6) is 0 Å². The normalized spacial score (nSPS) is 13.3. The molecule has 2 aromatic heterocycles. The molecule has 0 aromatic carbocycles. The van der Waals surface area contributed by atoms with Crippen molar-refractivity contribution in [1.82, 2.24) is 24.9 Å². The molecule has 130 valence electrons. The zero-order chi connectivity index (χ0) is 19.9. The van der Waals surface area contributed by atoms with Crippen molar-refractivity contribution < 1.29 is 16.7 Å². The molecule has 9 heteroatoms. The van der Waals surface area contributed by atoms with Gasteiger partial charge in [0.2, 0.25) is 0 Å². The Bertz CT molecular complexity index is 838. The maximum atomic E-state index is 14.3. The van der Waals surface area contributed by atoms with E-state index in [9.17, 15) is 9.18 Å². The molecule has 0 saturated heterocycles. The summed E-state index contributed by atoms with van der Waals surface area (Å²) in [6.45, 7) is 2.57. The SMILES string of the molecule is [2H]C([2H])(c1nn(C)nc1-c1ccnc(Cl)c1F)N(C)C(=O)OC(C)(C)C. The topological polar surface area (TPSA) is 73.1 Å². The van der Waals surface area contributed by atoms with Crippen molar-refractivity contribution in [3.05, 3.63) is 28.9 Å². The molecule has 0 aliphatic rings. The predicted octanol–water partition coefficient (Wildman–Crippen LogP) is 3.04. The minimum Gasteiger partial charge on any atom is -0.444 e. The first kappa shape index (κ1) is 15.3. The lowest BCUT2D eigenvalue weighted by Gasteiger charge is -2.24. The van der Waals surface area contributed by atoms with Crippen LogP contribution in [-0.2, 0) is 18.3 Å². The van der Waals surface area contributed by atoms with E-state index in [0.29, 0.717) is 0 Å². The lowest BCUT2D eigenvalue weighted by Crippen LogP contribution is -2.34. The predicted molar refractivity (Wildman–Crippen MR) is 86.9 cm³/mol. The van der Waals surface area contributed by atoms with Crippen LogP contribution in [0.2, 0.25) is 5.15 Å². The third-order valence-electron chi connectivity index (χ3n) is 2.76. The third kappa shape index (κ3) is 4.19. The molecule has 0 fully saturated rings. The monoisotopic (exact) mass is 357 g/mol. The summed E-state index contributed by atoms with van der Waals surface area (Å²) in [5, 5.41) is 7.63. The number of rotatable bonds is 3. The van der Waals surface area contributed by atoms with Gasteiger partial charge in [-0.3, -0.25) is 0 Å². The summed E-state index contributed by atoms with van der Waals surface area (Å²) < 4.78 is 36.2. The molecular formula is C15H19ClFN5O2. The van der Waals surface area contributed by atoms with Gasteiger partial charge in [0.1, 0.15) is 17.0 Å². The molecule has 0 radical (unpaired) electrons. The smallest absolute Gasteiger partial charge is 0.410 e. The first-order chi connectivity index (χ1) is 11.8. The summed E-state index contributed by atoms with van der Waals surface area (Å²) in [7, 11) is 2.68. The number of pyridine rings is 1. The van der Waals surface area contributed by atoms with E-state index in [1.807, 2.05) is 0 Å². The average Bonchev–Trinajstić information content (AvgIpc) is 2.90. The summed E-state index contributed by atoms with van der Waals surface area (Å²) in [6.07, 6.45) is 0.374. The molecule has 0 atom stereocenters. The van der Waals surface area contributed by atoms with E-state index in [0.717, 1.165) is 9.70 Å². The minimum atomic E-state index is -2.42. The van der Waals surface area contributed by atoms with Gasteiger partial charge in [0, 0.05) is 25.9 Å². The van der Waals surface area contributed by atoms with Gasteiger partial charge in [0.05, 0.1) is 9.24 Å². The van der Waals surface area contributed by atoms with E-state index in [2.05, 4.69) is 15.2 Å². The van der Waals surface area contributed by atoms with Crippen LogP contribution in [0.15, 0.2) is 12.3 Å². The molecule has 2 heterocycles. The Morgan fingerprint density at radius 3 is 2.79 bits per heavy atom. The number of hydrogen-bond donors (Lipinski definition) is 0. The third-order valence-corrected chi connectivity index (χ3v) is 3.02. The number of carbonyl (C=O) groups excluding carboxylic acids is 1. The number of nitrogens with zero attached hydrogens (tertiary/aromatic N) is 5. The number of ether oxygens (including phenoxy) is 1. The Morgan fingerprint density at radius 2 is 2.17 bits per heavy atom. The van der Waals surface area contributed by atoms with Crippen LogP contribution in [0, 0.1) is 5.82 Å². The van der Waals surface area contributed by atoms with Crippen LogP contribution in [0.1, 0.15) is 29.2 Å². The van der Waals surface area contributed by atoms with Crippen molar-refractivity contribution in [2.45, 2.75) is 32.9 Å². The van der Waals surface area contributed by atoms with Crippen LogP contribution >= 0.6 is 11.6 Å². The van der Waals surface area contributed by atoms with Crippen LogP contribution in [0.4, 0.5) is 9.18 Å². The maximum absolute atomic E-state index is 14.3. The molecule has 0 aliphatic carbocycles. The molecule has 0 bridgehead atoms. The molecule has 0 aliphatic heterocycles. The highest BCUT2D eigenvalue weighted by Crippen LogP contribution is 2.27. The molecule has 0 spiro atoms. The summed E-state index contributed by atoms with van der Waals surface area (Å²) in [5.41, 5.74) is -1.23. The van der Waals surface area contributed by atoms with Crippen molar-refractivity contribution in [3.63, 3.8) is 0 Å². The Hall–Kier alpha value is -2.22. The van der Waals surface area contributed by atoms with Gasteiger partial charge in [-0.25, -0.2) is 14.2 Å². The van der Waals surface area contributed by atoms with Crippen molar-refractivity contribution in [1.29, 1.82) is 0 Å². The zero-order valence-corrected chi connectivity index (χ0v) is 14.7. The molecule has 0 unspecified atom stereocenters. The second-order valence-corrected chi connectivity index (χ2v) is 6.36. The van der Waals surface area contributed by atoms with Crippen LogP contribution in [0.3, 0.4) is 0 Å². The molecule has 7 nitrogen and oxygen atoms in total. The van der Waals surface area contributed by atoms with Gasteiger partial charge in [0.15, 0.2) is 11.0 Å². The number of halogens is 2. The number of hydrogen-bond acceptors (Lipinski definition) is 5. The van der Waals surface area contributed by atoms with E-state index in [1.54, 1.807) is 20.8 Å². The van der Waals surface area contributed by atoms with Gasteiger partial charge in [0.25, 0.3) is 0 Å². The minimum absolute atomic E-state index is 0.0745. The van der Waals surface area contributed by atoms with Crippen molar-refractivity contribution >= 4 is 17.7 Å². The largest absolute Gasteiger partial charge is 0.444 e. The Labute approximate surface area is 147 Å². The molecule has 1 amide bonds. The van der Waals surface area contributed by atoms with Crippen molar-refractivity contribution in [2.24, 2.45) is 7.05 Å². The molecular weight excluding hydrogens is 337 g/mol. The lowest BCUT2D eigenvalue weighted by atomic mass is 10.1. The Kier molecular flexibility index (Phi) is 4.29. The van der Waals surface area contributed by atoms with Crippen LogP contribution < -0.4 is 0 Å². The van der Waals surface area contributed by atoms with Crippen LogP contribution in [-0.4, -0.2) is 43.6 Å². The van der Waals surface area contributed by atoms with Crippen molar-refractivity contribution in [2.75, 3.05) is 7.05 Å². The second-order valence-electron chi connectivity index (χ2n) is 6.00. The number of aryl methyl sites for hydroxylation is 1. The molecule has 2 rings (SSSR count). The highest BCUT2D eigenvalue weighted by atomic mass is 35.5. The first-order valence-corrected chi connectivity index (χ1v) is 7.41. The van der Waals surface area contributed by atoms with E-state index >= 15 is 0 Å². The molecule has 2 aromatic rings. The molecule has 0 saturated carbocycles. The standard InChI is InChI=1S/C15H19ClFN5O2/c1-15(2,3)24-14(23)21(4)8-10-12(20-22(5)19-10)9-6-7-18-13(16)11(9)17/h6-7H,8H2,1-5H3/i8D2. The van der Waals surface area contributed by atoms with Gasteiger partial charge < -0.3 is 9.64 Å². The maximum Gasteiger partial charge on any atom is 0.410 e. The summed E-state index contributed by atoms with van der Waals surface area (Å²) in [4.78, 5) is 17.7. The van der Waals surface area contributed by atoms with Crippen LogP contribution in [0.25, 0.3) is 11.3 Å². The zero-order valence-electron chi connectivity index (χ0n) is 16.0. The van der Waals surface area contributed by atoms with Gasteiger partial charge in [-0.05, 0) is 26.8 Å². The fourth-order valence-electron chi connectivity index (χ4n) is 1.80. The van der Waals surface area contributed by atoms with E-state index in [4.69, 9.17) is 19.1 Å². The summed E-state index contributed by atoms with van der Waals surface area (Å²) >= 11 is 5.70. The quantitative estimate of drug-likeness (QED) is 0.789. The Morgan fingerprint density at radius 1 is 1.50 bits per heavy atom. The molecule has 0 N–H and O–H groups in total. The van der Waals surface area contributed by atoms with Gasteiger partial charge in [-0.15, -0.1) is 0 Å². The number of aromatic nitrogens is 4. The Balaban J connectivity index is 2.51. The molecule has 24 heavy (non-hydrogen) atoms. The summed E-state index contributed by atoms with van der Waals surface area (Å²) in [6, 6.07) is 1.30. The van der Waals surface area contributed by atoms with E-state index in [1.165, 1.54) is 26.4 Å². The highest BCUT2D eigenvalue weighted by Gasteiger charge is 2.23. The van der Waals surface area contributed by atoms with Crippen molar-refractivity contribution in [3.8, 4) is 11.3 Å². The number of carbonyl (C=O) groups is 1.